The van der Waals surface area contributed by atoms with Crippen LogP contribution in [0.3, 0.4) is 0 Å². The molecule has 0 amide bonds. The van der Waals surface area contributed by atoms with Crippen LogP contribution < -0.4 is 5.32 Å². The van der Waals surface area contributed by atoms with Gasteiger partial charge >= 0.3 is 0 Å². The summed E-state index contributed by atoms with van der Waals surface area (Å²) in [6.45, 7) is 4.99. The largest absolute Gasteiger partial charge is 0.311 e. The van der Waals surface area contributed by atoms with Gasteiger partial charge in [0, 0.05) is 38.6 Å². The second-order valence-corrected chi connectivity index (χ2v) is 5.03. The molecule has 0 aliphatic carbocycles. The molecule has 0 aromatic carbocycles. The summed E-state index contributed by atoms with van der Waals surface area (Å²) in [6.07, 6.45) is 0.597. The van der Waals surface area contributed by atoms with Crippen molar-refractivity contribution in [1.29, 1.82) is 0 Å². The highest BCUT2D eigenvalue weighted by Gasteiger charge is 2.42. The van der Waals surface area contributed by atoms with E-state index in [1.54, 1.807) is 0 Å². The third-order valence-corrected chi connectivity index (χ3v) is 3.70. The Morgan fingerprint density at radius 3 is 2.56 bits per heavy atom. The van der Waals surface area contributed by atoms with Crippen LogP contribution in [-0.4, -0.2) is 68.6 Å². The highest BCUT2D eigenvalue weighted by Crippen LogP contribution is 2.30. The van der Waals surface area contributed by atoms with Crippen LogP contribution in [0.25, 0.3) is 0 Å². The smallest absolute Gasteiger partial charge is 0.264 e. The first-order chi connectivity index (χ1) is 7.58. The molecule has 0 radical (unpaired) electrons. The molecule has 3 nitrogen and oxygen atoms in total. The zero-order valence-electron chi connectivity index (χ0n) is 9.88. The summed E-state index contributed by atoms with van der Waals surface area (Å²) < 4.78 is 27.2. The normalized spacial score (nSPS) is 32.8. The van der Waals surface area contributed by atoms with E-state index in [-0.39, 0.29) is 6.54 Å². The quantitative estimate of drug-likeness (QED) is 0.748. The minimum Gasteiger partial charge on any atom is -0.311 e. The lowest BCUT2D eigenvalue weighted by Gasteiger charge is -2.38. The molecule has 2 aliphatic rings. The Morgan fingerprint density at radius 2 is 1.94 bits per heavy atom. The maximum atomic E-state index is 13.6. The minimum atomic E-state index is -2.53. The Morgan fingerprint density at radius 1 is 1.25 bits per heavy atom. The number of nitrogens with zero attached hydrogens (tertiary/aromatic N) is 2. The van der Waals surface area contributed by atoms with Crippen molar-refractivity contribution in [3.63, 3.8) is 0 Å². The molecule has 2 fully saturated rings. The van der Waals surface area contributed by atoms with Crippen molar-refractivity contribution < 1.29 is 8.78 Å². The molecule has 1 atom stereocenters. The summed E-state index contributed by atoms with van der Waals surface area (Å²) >= 11 is 0. The lowest BCUT2D eigenvalue weighted by Crippen LogP contribution is -2.53. The van der Waals surface area contributed by atoms with Crippen LogP contribution in [0.4, 0.5) is 8.78 Å². The number of alkyl halides is 2. The van der Waals surface area contributed by atoms with Gasteiger partial charge in [-0.1, -0.05) is 0 Å². The third-order valence-electron chi connectivity index (χ3n) is 3.70. The summed E-state index contributed by atoms with van der Waals surface area (Å²) in [5.41, 5.74) is 0. The molecule has 0 bridgehead atoms. The SMILES string of the molecule is CN1CCN(C[C@@H]2CCNCC2(F)F)CC1. The van der Waals surface area contributed by atoms with Gasteiger partial charge in [-0.2, -0.15) is 0 Å². The maximum absolute atomic E-state index is 13.6. The number of hydrogen-bond donors (Lipinski definition) is 1. The molecule has 0 aromatic rings. The monoisotopic (exact) mass is 233 g/mol. The van der Waals surface area contributed by atoms with Crippen molar-refractivity contribution in [3.8, 4) is 0 Å². The molecule has 0 saturated carbocycles. The van der Waals surface area contributed by atoms with E-state index in [1.807, 2.05) is 0 Å². The number of piperidine rings is 1. The van der Waals surface area contributed by atoms with E-state index in [0.29, 0.717) is 13.0 Å². The molecule has 0 unspecified atom stereocenters. The Bertz CT molecular complexity index is 227. The molecule has 0 spiro atoms. The molecule has 1 N–H and O–H groups in total. The predicted octanol–water partition coefficient (Wildman–Crippen LogP) is 0.479. The molecular formula is C11H21F2N3. The fourth-order valence-electron chi connectivity index (χ4n) is 2.45. The summed E-state index contributed by atoms with van der Waals surface area (Å²) in [5.74, 6) is -2.99. The summed E-state index contributed by atoms with van der Waals surface area (Å²) in [5, 5.41) is 2.77. The average molecular weight is 233 g/mol. The summed E-state index contributed by atoms with van der Waals surface area (Å²) in [4.78, 5) is 4.43. The van der Waals surface area contributed by atoms with Gasteiger partial charge in [0.15, 0.2) is 0 Å². The van der Waals surface area contributed by atoms with Gasteiger partial charge in [0.05, 0.1) is 6.54 Å². The summed E-state index contributed by atoms with van der Waals surface area (Å²) in [6, 6.07) is 0. The van der Waals surface area contributed by atoms with Gasteiger partial charge in [-0.15, -0.1) is 0 Å². The molecule has 2 rings (SSSR count). The Kier molecular flexibility index (Phi) is 3.77. The molecule has 2 aliphatic heterocycles. The van der Waals surface area contributed by atoms with Gasteiger partial charge in [0.25, 0.3) is 5.92 Å². The first-order valence-corrected chi connectivity index (χ1v) is 6.07. The molecule has 16 heavy (non-hydrogen) atoms. The van der Waals surface area contributed by atoms with Crippen LogP contribution in [0.5, 0.6) is 0 Å². The predicted molar refractivity (Wildman–Crippen MR) is 59.9 cm³/mol. The van der Waals surface area contributed by atoms with Gasteiger partial charge in [0.1, 0.15) is 0 Å². The van der Waals surface area contributed by atoms with Crippen molar-refractivity contribution in [2.24, 2.45) is 5.92 Å². The van der Waals surface area contributed by atoms with Crippen LogP contribution >= 0.6 is 0 Å². The van der Waals surface area contributed by atoms with E-state index in [4.69, 9.17) is 0 Å². The maximum Gasteiger partial charge on any atom is 0.264 e. The van der Waals surface area contributed by atoms with E-state index in [2.05, 4.69) is 22.2 Å². The number of halogens is 2. The number of hydrogen-bond acceptors (Lipinski definition) is 3. The lowest BCUT2D eigenvalue weighted by atomic mass is 9.93. The highest BCUT2D eigenvalue weighted by molar-refractivity contribution is 4.87. The van der Waals surface area contributed by atoms with Gasteiger partial charge in [-0.05, 0) is 20.0 Å². The van der Waals surface area contributed by atoms with E-state index in [1.165, 1.54) is 0 Å². The molecule has 5 heteroatoms. The van der Waals surface area contributed by atoms with E-state index < -0.39 is 11.8 Å². The summed E-state index contributed by atoms with van der Waals surface area (Å²) in [7, 11) is 2.08. The van der Waals surface area contributed by atoms with Crippen LogP contribution in [-0.2, 0) is 0 Å². The fraction of sp³-hybridized carbons (Fsp3) is 1.00. The lowest BCUT2D eigenvalue weighted by molar-refractivity contribution is -0.0851. The first-order valence-electron chi connectivity index (χ1n) is 6.07. The second kappa shape index (κ2) is 4.94. The van der Waals surface area contributed by atoms with Gasteiger partial charge in [0.2, 0.25) is 0 Å². The molecular weight excluding hydrogens is 212 g/mol. The first kappa shape index (κ1) is 12.2. The number of piperazine rings is 1. The Hall–Kier alpha value is -0.260. The van der Waals surface area contributed by atoms with Crippen LogP contribution in [0.15, 0.2) is 0 Å². The van der Waals surface area contributed by atoms with Crippen molar-refractivity contribution >= 4 is 0 Å². The number of rotatable bonds is 2. The third kappa shape index (κ3) is 2.90. The zero-order chi connectivity index (χ0) is 11.6. The number of nitrogens with one attached hydrogen (secondary N) is 1. The minimum absolute atomic E-state index is 0.147. The van der Waals surface area contributed by atoms with E-state index >= 15 is 0 Å². The molecule has 0 aromatic heterocycles. The van der Waals surface area contributed by atoms with Gasteiger partial charge in [-0.3, -0.25) is 0 Å². The Balaban J connectivity index is 1.84. The van der Waals surface area contributed by atoms with Gasteiger partial charge < -0.3 is 15.1 Å². The van der Waals surface area contributed by atoms with Gasteiger partial charge in [-0.25, -0.2) is 8.78 Å². The van der Waals surface area contributed by atoms with Crippen molar-refractivity contribution in [2.75, 3.05) is 52.9 Å². The molecule has 94 valence electrons. The average Bonchev–Trinajstić information content (AvgIpc) is 2.24. The van der Waals surface area contributed by atoms with Crippen LogP contribution in [0, 0.1) is 5.92 Å². The van der Waals surface area contributed by atoms with Crippen LogP contribution in [0.2, 0.25) is 0 Å². The Labute approximate surface area is 95.8 Å². The van der Waals surface area contributed by atoms with Crippen LogP contribution in [0.1, 0.15) is 6.42 Å². The standard InChI is InChI=1S/C11H21F2N3/c1-15-4-6-16(7-5-15)8-10-2-3-14-9-11(10,12)13/h10,14H,2-9H2,1H3/t10-/m0/s1. The second-order valence-electron chi connectivity index (χ2n) is 5.03. The van der Waals surface area contributed by atoms with Crippen molar-refractivity contribution in [2.45, 2.75) is 12.3 Å². The van der Waals surface area contributed by atoms with E-state index in [0.717, 1.165) is 32.7 Å². The fourth-order valence-corrected chi connectivity index (χ4v) is 2.45. The topological polar surface area (TPSA) is 18.5 Å². The van der Waals surface area contributed by atoms with Crippen molar-refractivity contribution in [1.82, 2.24) is 15.1 Å². The number of likely N-dealkylation sites (N-methyl/N-ethyl adjacent to an activating group) is 1. The molecule has 2 saturated heterocycles. The molecule has 2 heterocycles. The zero-order valence-corrected chi connectivity index (χ0v) is 9.88. The highest BCUT2D eigenvalue weighted by atomic mass is 19.3. The van der Waals surface area contributed by atoms with Crippen molar-refractivity contribution in [3.05, 3.63) is 0 Å². The van der Waals surface area contributed by atoms with E-state index in [9.17, 15) is 8.78 Å².